The Kier molecular flexibility index (Phi) is 7.53. The van der Waals surface area contributed by atoms with Crippen molar-refractivity contribution in [1.82, 2.24) is 0 Å². The predicted octanol–water partition coefficient (Wildman–Crippen LogP) is 2.58. The summed E-state index contributed by atoms with van der Waals surface area (Å²) in [6, 6.07) is 6.30. The monoisotopic (exact) mass is 406 g/mol. The highest BCUT2D eigenvalue weighted by molar-refractivity contribution is 7.14. The molecule has 0 radical (unpaired) electrons. The van der Waals surface area contributed by atoms with Crippen LogP contribution in [0.2, 0.25) is 0 Å². The molecule has 1 heterocycles. The molecule has 1 atom stereocenters. The third kappa shape index (κ3) is 5.30. The number of hydrogen-bond acceptors (Lipinski definition) is 7. The van der Waals surface area contributed by atoms with Gasteiger partial charge in [0.2, 0.25) is 0 Å². The molecular formula is C19H22N2O6S. The van der Waals surface area contributed by atoms with E-state index in [1.807, 2.05) is 6.92 Å². The van der Waals surface area contributed by atoms with Gasteiger partial charge in [0.05, 0.1) is 24.8 Å². The van der Waals surface area contributed by atoms with Crippen molar-refractivity contribution in [1.29, 1.82) is 0 Å². The lowest BCUT2D eigenvalue weighted by atomic mass is 10.1. The van der Waals surface area contributed by atoms with Crippen molar-refractivity contribution < 1.29 is 28.6 Å². The van der Waals surface area contributed by atoms with E-state index < -0.39 is 23.9 Å². The zero-order valence-corrected chi connectivity index (χ0v) is 16.6. The van der Waals surface area contributed by atoms with Gasteiger partial charge < -0.3 is 25.3 Å². The summed E-state index contributed by atoms with van der Waals surface area (Å²) in [6.45, 7) is 4.10. The summed E-state index contributed by atoms with van der Waals surface area (Å²) in [4.78, 5) is 36.0. The summed E-state index contributed by atoms with van der Waals surface area (Å²) >= 11 is 1.15. The van der Waals surface area contributed by atoms with Gasteiger partial charge in [0.15, 0.2) is 6.10 Å². The summed E-state index contributed by atoms with van der Waals surface area (Å²) < 4.78 is 15.9. The second kappa shape index (κ2) is 9.86. The highest BCUT2D eigenvalue weighted by Gasteiger charge is 2.22. The third-order valence-corrected chi connectivity index (χ3v) is 4.63. The number of carbonyl (C=O) groups excluding carboxylic acids is 3. The minimum atomic E-state index is -1.08. The number of primary amides is 1. The van der Waals surface area contributed by atoms with E-state index in [-0.39, 0.29) is 17.7 Å². The first kappa shape index (κ1) is 21.4. The Morgan fingerprint density at radius 1 is 1.25 bits per heavy atom. The van der Waals surface area contributed by atoms with Crippen molar-refractivity contribution in [2.24, 2.45) is 5.73 Å². The Morgan fingerprint density at radius 2 is 2.00 bits per heavy atom. The fourth-order valence-electron chi connectivity index (χ4n) is 2.33. The Labute approximate surface area is 166 Å². The molecule has 0 aliphatic carbocycles. The number of methoxy groups -OCH3 is 1. The van der Waals surface area contributed by atoms with Crippen molar-refractivity contribution in [3.05, 3.63) is 46.3 Å². The second-order valence-corrected chi connectivity index (χ2v) is 6.64. The minimum absolute atomic E-state index is 0.201. The van der Waals surface area contributed by atoms with Gasteiger partial charge >= 0.3 is 5.97 Å². The van der Waals surface area contributed by atoms with Crippen molar-refractivity contribution in [2.45, 2.75) is 26.6 Å². The van der Waals surface area contributed by atoms with Gasteiger partial charge in [0, 0.05) is 12.2 Å². The molecule has 2 amide bonds. The number of thiophene rings is 1. The normalized spacial score (nSPS) is 11.5. The van der Waals surface area contributed by atoms with Gasteiger partial charge in [-0.05, 0) is 43.5 Å². The van der Waals surface area contributed by atoms with Crippen molar-refractivity contribution in [2.75, 3.05) is 19.0 Å². The molecule has 9 heteroatoms. The lowest BCUT2D eigenvalue weighted by Gasteiger charge is -2.14. The molecule has 28 heavy (non-hydrogen) atoms. The van der Waals surface area contributed by atoms with Gasteiger partial charge in [-0.3, -0.25) is 9.59 Å². The first-order chi connectivity index (χ1) is 13.4. The summed E-state index contributed by atoms with van der Waals surface area (Å²) in [5.41, 5.74) is 6.41. The molecule has 0 unspecified atom stereocenters. The molecule has 2 rings (SSSR count). The topological polar surface area (TPSA) is 117 Å². The third-order valence-electron chi connectivity index (χ3n) is 3.80. The van der Waals surface area contributed by atoms with Gasteiger partial charge in [-0.1, -0.05) is 0 Å². The SMILES string of the molecule is CCOCc1cc(C(=O)O[C@@H](C)C(=O)Nc2sccc2C(N)=O)ccc1OC. The summed E-state index contributed by atoms with van der Waals surface area (Å²) in [5, 5.41) is 4.49. The molecule has 0 spiro atoms. The second-order valence-electron chi connectivity index (χ2n) is 5.73. The van der Waals surface area contributed by atoms with Crippen LogP contribution in [0.3, 0.4) is 0 Å². The average Bonchev–Trinajstić information content (AvgIpc) is 3.14. The highest BCUT2D eigenvalue weighted by atomic mass is 32.1. The van der Waals surface area contributed by atoms with Crippen LogP contribution in [0.15, 0.2) is 29.6 Å². The molecule has 1 aromatic carbocycles. The van der Waals surface area contributed by atoms with Crippen LogP contribution in [-0.2, 0) is 20.9 Å². The molecule has 1 aromatic heterocycles. The number of amides is 2. The van der Waals surface area contributed by atoms with Gasteiger partial charge in [-0.25, -0.2) is 4.79 Å². The first-order valence-corrected chi connectivity index (χ1v) is 9.39. The van der Waals surface area contributed by atoms with E-state index in [0.29, 0.717) is 22.9 Å². The number of nitrogens with one attached hydrogen (secondary N) is 1. The highest BCUT2D eigenvalue weighted by Crippen LogP contribution is 2.24. The summed E-state index contributed by atoms with van der Waals surface area (Å²) in [7, 11) is 1.53. The maximum Gasteiger partial charge on any atom is 0.338 e. The van der Waals surface area contributed by atoms with Gasteiger partial charge in [-0.15, -0.1) is 11.3 Å². The van der Waals surface area contributed by atoms with E-state index >= 15 is 0 Å². The number of ether oxygens (including phenoxy) is 3. The van der Waals surface area contributed by atoms with E-state index in [4.69, 9.17) is 19.9 Å². The molecule has 0 saturated carbocycles. The van der Waals surface area contributed by atoms with Crippen molar-refractivity contribution in [3.8, 4) is 5.75 Å². The van der Waals surface area contributed by atoms with Crippen molar-refractivity contribution >= 4 is 34.1 Å². The van der Waals surface area contributed by atoms with E-state index in [2.05, 4.69) is 5.32 Å². The van der Waals surface area contributed by atoms with Crippen LogP contribution in [-0.4, -0.2) is 37.6 Å². The van der Waals surface area contributed by atoms with Crippen LogP contribution in [0.4, 0.5) is 5.00 Å². The minimum Gasteiger partial charge on any atom is -0.496 e. The molecule has 0 fully saturated rings. The Balaban J connectivity index is 2.05. The van der Waals surface area contributed by atoms with Crippen LogP contribution in [0.1, 0.15) is 40.1 Å². The van der Waals surface area contributed by atoms with Gasteiger partial charge in [0.25, 0.3) is 11.8 Å². The van der Waals surface area contributed by atoms with Crippen molar-refractivity contribution in [3.63, 3.8) is 0 Å². The van der Waals surface area contributed by atoms with Crippen LogP contribution in [0.25, 0.3) is 0 Å². The number of rotatable bonds is 9. The van der Waals surface area contributed by atoms with E-state index in [1.165, 1.54) is 20.1 Å². The molecule has 150 valence electrons. The number of esters is 1. The molecule has 8 nitrogen and oxygen atoms in total. The molecule has 0 bridgehead atoms. The number of anilines is 1. The van der Waals surface area contributed by atoms with Crippen LogP contribution in [0, 0.1) is 0 Å². The van der Waals surface area contributed by atoms with E-state index in [9.17, 15) is 14.4 Å². The predicted molar refractivity (Wildman–Crippen MR) is 105 cm³/mol. The zero-order chi connectivity index (χ0) is 20.7. The fraction of sp³-hybridized carbons (Fsp3) is 0.316. The molecule has 2 aromatic rings. The Hall–Kier alpha value is -2.91. The van der Waals surface area contributed by atoms with Gasteiger partial charge in [0.1, 0.15) is 10.8 Å². The maximum absolute atomic E-state index is 12.4. The summed E-state index contributed by atoms with van der Waals surface area (Å²) in [6.07, 6.45) is -1.08. The van der Waals surface area contributed by atoms with E-state index in [0.717, 1.165) is 11.3 Å². The molecular weight excluding hydrogens is 384 g/mol. The average molecular weight is 406 g/mol. The fourth-order valence-corrected chi connectivity index (χ4v) is 3.12. The smallest absolute Gasteiger partial charge is 0.338 e. The van der Waals surface area contributed by atoms with Crippen LogP contribution < -0.4 is 15.8 Å². The molecule has 0 saturated heterocycles. The zero-order valence-electron chi connectivity index (χ0n) is 15.8. The Bertz CT molecular complexity index is 864. The largest absolute Gasteiger partial charge is 0.496 e. The molecule has 0 aliphatic heterocycles. The Morgan fingerprint density at radius 3 is 2.64 bits per heavy atom. The number of benzene rings is 1. The lowest BCUT2D eigenvalue weighted by molar-refractivity contribution is -0.123. The lowest BCUT2D eigenvalue weighted by Crippen LogP contribution is -2.30. The molecule has 0 aliphatic rings. The standard InChI is InChI=1S/C19H22N2O6S/c1-4-26-10-13-9-12(5-6-15(13)25-3)19(24)27-11(2)17(23)21-18-14(16(20)22)7-8-28-18/h5-9,11H,4,10H2,1-3H3,(H2,20,22)(H,21,23)/t11-/m0/s1. The van der Waals surface area contributed by atoms with Crippen LogP contribution >= 0.6 is 11.3 Å². The van der Waals surface area contributed by atoms with Crippen LogP contribution in [0.5, 0.6) is 5.75 Å². The first-order valence-electron chi connectivity index (χ1n) is 8.51. The maximum atomic E-state index is 12.4. The number of hydrogen-bond donors (Lipinski definition) is 2. The number of carbonyl (C=O) groups is 3. The molecule has 3 N–H and O–H groups in total. The number of nitrogens with two attached hydrogens (primary N) is 1. The van der Waals surface area contributed by atoms with Gasteiger partial charge in [-0.2, -0.15) is 0 Å². The summed E-state index contributed by atoms with van der Waals surface area (Å²) in [5.74, 6) is -1.29. The van der Waals surface area contributed by atoms with E-state index in [1.54, 1.807) is 23.6 Å². The quantitative estimate of drug-likeness (QED) is 0.618.